The first-order chi connectivity index (χ1) is 14.0. The van der Waals surface area contributed by atoms with E-state index in [2.05, 4.69) is 48.0 Å². The Morgan fingerprint density at radius 1 is 1.07 bits per heavy atom. The Morgan fingerprint density at radius 2 is 1.80 bits per heavy atom. The largest absolute Gasteiger partial charge is 0.484 e. The zero-order valence-electron chi connectivity index (χ0n) is 18.2. The lowest BCUT2D eigenvalue weighted by Crippen LogP contribution is -2.38. The fourth-order valence-corrected chi connectivity index (χ4v) is 2.98. The number of rotatable bonds is 9. The van der Waals surface area contributed by atoms with Crippen LogP contribution in [-0.4, -0.2) is 31.6 Å². The van der Waals surface area contributed by atoms with Crippen LogP contribution in [0.5, 0.6) is 5.75 Å². The summed E-state index contributed by atoms with van der Waals surface area (Å²) in [5, 5.41) is 9.48. The first-order valence-electron chi connectivity index (χ1n) is 10.1. The van der Waals surface area contributed by atoms with E-state index in [1.807, 2.05) is 44.2 Å². The molecule has 3 N–H and O–H groups in total. The van der Waals surface area contributed by atoms with Crippen molar-refractivity contribution in [2.75, 3.05) is 19.7 Å². The maximum Gasteiger partial charge on any atom is 0.257 e. The molecule has 2 aromatic rings. The van der Waals surface area contributed by atoms with Gasteiger partial charge in [0.2, 0.25) is 0 Å². The maximum atomic E-state index is 11.6. The van der Waals surface area contributed by atoms with Crippen LogP contribution in [0.1, 0.15) is 43.5 Å². The molecular weight excluding hydrogens is 491 g/mol. The molecule has 0 aliphatic carbocycles. The van der Waals surface area contributed by atoms with Gasteiger partial charge in [0.25, 0.3) is 5.91 Å². The van der Waals surface area contributed by atoms with E-state index in [9.17, 15) is 4.79 Å². The summed E-state index contributed by atoms with van der Waals surface area (Å²) in [6.45, 7) is 10.1. The van der Waals surface area contributed by atoms with Crippen molar-refractivity contribution >= 4 is 35.8 Å². The quantitative estimate of drug-likeness (QED) is 0.264. The molecule has 0 aliphatic rings. The summed E-state index contributed by atoms with van der Waals surface area (Å²) in [5.41, 5.74) is 3.51. The lowest BCUT2D eigenvalue weighted by Gasteiger charge is -2.19. The van der Waals surface area contributed by atoms with Crippen molar-refractivity contribution < 1.29 is 9.53 Å². The van der Waals surface area contributed by atoms with Gasteiger partial charge in [-0.05, 0) is 56.5 Å². The normalized spacial score (nSPS) is 11.8. The van der Waals surface area contributed by atoms with Crippen LogP contribution in [0.3, 0.4) is 0 Å². The minimum atomic E-state index is -0.125. The maximum absolute atomic E-state index is 11.6. The second-order valence-corrected chi connectivity index (χ2v) is 6.81. The SMILES string of the molecule is CCNC(=O)COc1cccc(CN=C(NCC)NC(C)c2ccccc2C)c1.I. The molecule has 1 unspecified atom stereocenters. The molecule has 164 valence electrons. The van der Waals surface area contributed by atoms with Gasteiger partial charge < -0.3 is 20.7 Å². The zero-order chi connectivity index (χ0) is 21.1. The van der Waals surface area contributed by atoms with Crippen molar-refractivity contribution in [1.82, 2.24) is 16.0 Å². The van der Waals surface area contributed by atoms with Crippen LogP contribution in [0, 0.1) is 6.92 Å². The smallest absolute Gasteiger partial charge is 0.257 e. The topological polar surface area (TPSA) is 74.8 Å². The summed E-state index contributed by atoms with van der Waals surface area (Å²) in [7, 11) is 0. The number of hydrogen-bond acceptors (Lipinski definition) is 3. The van der Waals surface area contributed by atoms with Crippen molar-refractivity contribution in [2.24, 2.45) is 4.99 Å². The van der Waals surface area contributed by atoms with Crippen molar-refractivity contribution in [3.8, 4) is 5.75 Å². The van der Waals surface area contributed by atoms with E-state index in [0.717, 1.165) is 18.1 Å². The number of aliphatic imine (C=N–C) groups is 1. The standard InChI is InChI=1S/C23H32N4O2.HI/c1-5-24-22(28)16-29-20-12-9-11-19(14-20)15-26-23(25-6-2)27-18(4)21-13-8-7-10-17(21)3;/h7-14,18H,5-6,15-16H2,1-4H3,(H,24,28)(H2,25,26,27);1H. The Hall–Kier alpha value is -2.29. The monoisotopic (exact) mass is 524 g/mol. The highest BCUT2D eigenvalue weighted by molar-refractivity contribution is 14.0. The van der Waals surface area contributed by atoms with Gasteiger partial charge in [-0.15, -0.1) is 24.0 Å². The molecule has 0 aliphatic heterocycles. The fourth-order valence-electron chi connectivity index (χ4n) is 2.98. The Morgan fingerprint density at radius 3 is 2.50 bits per heavy atom. The number of carbonyl (C=O) groups is 1. The van der Waals surface area contributed by atoms with E-state index in [1.54, 1.807) is 0 Å². The van der Waals surface area contributed by atoms with Crippen LogP contribution in [0.25, 0.3) is 0 Å². The van der Waals surface area contributed by atoms with Gasteiger partial charge in [0.1, 0.15) is 5.75 Å². The predicted molar refractivity (Wildman–Crippen MR) is 134 cm³/mol. The number of nitrogens with one attached hydrogen (secondary N) is 3. The third-order valence-electron chi connectivity index (χ3n) is 4.41. The highest BCUT2D eigenvalue weighted by Crippen LogP contribution is 2.17. The second kappa shape index (κ2) is 13.8. The molecule has 0 bridgehead atoms. The number of likely N-dealkylation sites (N-methyl/N-ethyl adjacent to an activating group) is 1. The highest BCUT2D eigenvalue weighted by Gasteiger charge is 2.10. The third-order valence-corrected chi connectivity index (χ3v) is 4.41. The molecule has 1 amide bonds. The summed E-state index contributed by atoms with van der Waals surface area (Å²) in [5.74, 6) is 1.30. The summed E-state index contributed by atoms with van der Waals surface area (Å²) < 4.78 is 5.56. The third kappa shape index (κ3) is 8.61. The molecule has 30 heavy (non-hydrogen) atoms. The van der Waals surface area contributed by atoms with E-state index >= 15 is 0 Å². The zero-order valence-corrected chi connectivity index (χ0v) is 20.5. The van der Waals surface area contributed by atoms with Gasteiger partial charge in [0.05, 0.1) is 12.6 Å². The first-order valence-corrected chi connectivity index (χ1v) is 10.1. The van der Waals surface area contributed by atoms with Crippen molar-refractivity contribution in [3.63, 3.8) is 0 Å². The molecule has 0 saturated carbocycles. The molecule has 7 heteroatoms. The van der Waals surface area contributed by atoms with Crippen LogP contribution in [0.15, 0.2) is 53.5 Å². The summed E-state index contributed by atoms with van der Waals surface area (Å²) in [6, 6.07) is 16.2. The summed E-state index contributed by atoms with van der Waals surface area (Å²) >= 11 is 0. The number of aryl methyl sites for hydroxylation is 1. The summed E-state index contributed by atoms with van der Waals surface area (Å²) in [4.78, 5) is 16.3. The number of benzene rings is 2. The number of carbonyl (C=O) groups excluding carboxylic acids is 1. The van der Waals surface area contributed by atoms with Crippen molar-refractivity contribution in [1.29, 1.82) is 0 Å². The van der Waals surface area contributed by atoms with E-state index in [-0.39, 0.29) is 42.5 Å². The minimum Gasteiger partial charge on any atom is -0.484 e. The highest BCUT2D eigenvalue weighted by atomic mass is 127. The van der Waals surface area contributed by atoms with Gasteiger partial charge in [-0.2, -0.15) is 0 Å². The van der Waals surface area contributed by atoms with Gasteiger partial charge in [-0.1, -0.05) is 36.4 Å². The van der Waals surface area contributed by atoms with E-state index in [1.165, 1.54) is 11.1 Å². The van der Waals surface area contributed by atoms with E-state index < -0.39 is 0 Å². The van der Waals surface area contributed by atoms with Crippen molar-refractivity contribution in [3.05, 3.63) is 65.2 Å². The van der Waals surface area contributed by atoms with Gasteiger partial charge in [-0.25, -0.2) is 4.99 Å². The van der Waals surface area contributed by atoms with Crippen LogP contribution >= 0.6 is 24.0 Å². The second-order valence-electron chi connectivity index (χ2n) is 6.81. The molecule has 0 aromatic heterocycles. The first kappa shape index (κ1) is 25.7. The molecule has 2 rings (SSSR count). The van der Waals surface area contributed by atoms with Crippen molar-refractivity contribution in [2.45, 2.75) is 40.3 Å². The van der Waals surface area contributed by atoms with E-state index in [0.29, 0.717) is 18.8 Å². The molecule has 0 heterocycles. The minimum absolute atomic E-state index is 0. The van der Waals surface area contributed by atoms with Gasteiger partial charge in [-0.3, -0.25) is 4.79 Å². The number of halogens is 1. The van der Waals surface area contributed by atoms with Crippen LogP contribution in [0.4, 0.5) is 0 Å². The van der Waals surface area contributed by atoms with Crippen LogP contribution < -0.4 is 20.7 Å². The van der Waals surface area contributed by atoms with E-state index in [4.69, 9.17) is 9.73 Å². The van der Waals surface area contributed by atoms with Gasteiger partial charge in [0.15, 0.2) is 12.6 Å². The number of guanidine groups is 1. The molecular formula is C23H33IN4O2. The Labute approximate surface area is 196 Å². The number of amides is 1. The molecule has 1 atom stereocenters. The lowest BCUT2D eigenvalue weighted by molar-refractivity contribution is -0.122. The summed E-state index contributed by atoms with van der Waals surface area (Å²) in [6.07, 6.45) is 0. The molecule has 0 fully saturated rings. The molecule has 0 radical (unpaired) electrons. The van der Waals surface area contributed by atoms with Crippen LogP contribution in [-0.2, 0) is 11.3 Å². The Balaban J connectivity index is 0.00000450. The number of ether oxygens (including phenoxy) is 1. The Bertz CT molecular complexity index is 826. The molecule has 0 spiro atoms. The predicted octanol–water partition coefficient (Wildman–Crippen LogP) is 3.94. The average molecular weight is 524 g/mol. The van der Waals surface area contributed by atoms with Gasteiger partial charge in [0, 0.05) is 13.1 Å². The molecule has 6 nitrogen and oxygen atoms in total. The Kier molecular flexibility index (Phi) is 11.9. The number of hydrogen-bond donors (Lipinski definition) is 3. The van der Waals surface area contributed by atoms with Crippen LogP contribution in [0.2, 0.25) is 0 Å². The lowest BCUT2D eigenvalue weighted by atomic mass is 10.0. The molecule has 0 saturated heterocycles. The van der Waals surface area contributed by atoms with Gasteiger partial charge >= 0.3 is 0 Å². The average Bonchev–Trinajstić information content (AvgIpc) is 2.71. The molecule has 2 aromatic carbocycles. The number of nitrogens with zero attached hydrogens (tertiary/aromatic N) is 1. The fraction of sp³-hybridized carbons (Fsp3) is 0.391.